The highest BCUT2D eigenvalue weighted by Crippen LogP contribution is 2.25. The molecule has 1 unspecified atom stereocenters. The number of hydrogen-bond acceptors (Lipinski definition) is 1. The van der Waals surface area contributed by atoms with Gasteiger partial charge in [0.2, 0.25) is 0 Å². The summed E-state index contributed by atoms with van der Waals surface area (Å²) < 4.78 is 0. The van der Waals surface area contributed by atoms with Crippen molar-refractivity contribution in [1.29, 1.82) is 0 Å². The highest BCUT2D eigenvalue weighted by molar-refractivity contribution is 6.42. The van der Waals surface area contributed by atoms with Crippen molar-refractivity contribution in [2.45, 2.75) is 25.8 Å². The Morgan fingerprint density at radius 2 is 2.12 bits per heavy atom. The summed E-state index contributed by atoms with van der Waals surface area (Å²) in [6.07, 6.45) is 2.15. The molecule has 1 atom stereocenters. The summed E-state index contributed by atoms with van der Waals surface area (Å²) in [5, 5.41) is 0.909. The number of likely N-dealkylation sites (tertiary alicyclic amines) is 1. The second kappa shape index (κ2) is 4.64. The quantitative estimate of drug-likeness (QED) is 0.753. The van der Waals surface area contributed by atoms with E-state index < -0.39 is 0 Å². The van der Waals surface area contributed by atoms with E-state index in [0.29, 0.717) is 21.7 Å². The zero-order valence-corrected chi connectivity index (χ0v) is 10.6. The number of carbonyl (C=O) groups excluding carboxylic acids is 1. The molecule has 0 spiro atoms. The summed E-state index contributed by atoms with van der Waals surface area (Å²) >= 11 is 11.7. The molecule has 86 valence electrons. The third-order valence-corrected chi connectivity index (χ3v) is 3.72. The number of nitrogens with zero attached hydrogens (tertiary/aromatic N) is 1. The lowest BCUT2D eigenvalue weighted by Gasteiger charge is -2.21. The van der Waals surface area contributed by atoms with Gasteiger partial charge < -0.3 is 4.90 Å². The van der Waals surface area contributed by atoms with E-state index in [4.69, 9.17) is 23.2 Å². The van der Waals surface area contributed by atoms with E-state index in [1.807, 2.05) is 4.90 Å². The molecule has 1 amide bonds. The molecule has 0 radical (unpaired) electrons. The summed E-state index contributed by atoms with van der Waals surface area (Å²) in [6, 6.07) is 5.35. The second-order valence-electron chi connectivity index (χ2n) is 4.12. The maximum atomic E-state index is 12.1. The van der Waals surface area contributed by atoms with Crippen molar-refractivity contribution in [2.24, 2.45) is 0 Å². The zero-order valence-electron chi connectivity index (χ0n) is 9.04. The van der Waals surface area contributed by atoms with Crippen LogP contribution in [0.4, 0.5) is 0 Å². The van der Waals surface area contributed by atoms with Crippen LogP contribution in [0, 0.1) is 0 Å². The lowest BCUT2D eigenvalue weighted by atomic mass is 10.2. The van der Waals surface area contributed by atoms with E-state index in [-0.39, 0.29) is 5.91 Å². The normalized spacial score (nSPS) is 20.2. The van der Waals surface area contributed by atoms with Crippen LogP contribution in [0.1, 0.15) is 30.1 Å². The van der Waals surface area contributed by atoms with Crippen LogP contribution < -0.4 is 0 Å². The average molecular weight is 258 g/mol. The highest BCUT2D eigenvalue weighted by atomic mass is 35.5. The Balaban J connectivity index is 2.23. The van der Waals surface area contributed by atoms with Gasteiger partial charge in [-0.1, -0.05) is 23.2 Å². The van der Waals surface area contributed by atoms with E-state index in [0.717, 1.165) is 19.4 Å². The summed E-state index contributed by atoms with van der Waals surface area (Å²) in [7, 11) is 0. The highest BCUT2D eigenvalue weighted by Gasteiger charge is 2.26. The SMILES string of the molecule is CC1CCCN1C(=O)c1ccc(Cl)c(Cl)c1. The predicted octanol–water partition coefficient (Wildman–Crippen LogP) is 3.62. The Hall–Kier alpha value is -0.730. The van der Waals surface area contributed by atoms with Crippen LogP contribution in [0.15, 0.2) is 18.2 Å². The van der Waals surface area contributed by atoms with Crippen molar-refractivity contribution in [3.63, 3.8) is 0 Å². The molecule has 0 aliphatic carbocycles. The van der Waals surface area contributed by atoms with Crippen molar-refractivity contribution in [1.82, 2.24) is 4.90 Å². The Labute approximate surface area is 105 Å². The molecule has 1 aliphatic rings. The molecule has 0 aromatic heterocycles. The molecule has 4 heteroatoms. The molecule has 0 saturated carbocycles. The van der Waals surface area contributed by atoms with E-state index in [9.17, 15) is 4.79 Å². The van der Waals surface area contributed by atoms with Gasteiger partial charge in [0, 0.05) is 18.2 Å². The largest absolute Gasteiger partial charge is 0.336 e. The van der Waals surface area contributed by atoms with E-state index in [1.54, 1.807) is 18.2 Å². The average Bonchev–Trinajstić information content (AvgIpc) is 2.67. The molecule has 1 heterocycles. The predicted molar refractivity (Wildman–Crippen MR) is 66.2 cm³/mol. The molecule has 1 aromatic carbocycles. The summed E-state index contributed by atoms with van der Waals surface area (Å²) in [5.74, 6) is 0.0450. The topological polar surface area (TPSA) is 20.3 Å². The second-order valence-corrected chi connectivity index (χ2v) is 4.93. The first-order valence-corrected chi connectivity index (χ1v) is 6.11. The molecule has 1 saturated heterocycles. The van der Waals surface area contributed by atoms with Crippen LogP contribution in [-0.2, 0) is 0 Å². The minimum absolute atomic E-state index is 0.0450. The van der Waals surface area contributed by atoms with Gasteiger partial charge in [-0.2, -0.15) is 0 Å². The Kier molecular flexibility index (Phi) is 3.41. The summed E-state index contributed by atoms with van der Waals surface area (Å²) in [6.45, 7) is 2.91. The molecule has 0 bridgehead atoms. The number of hydrogen-bond donors (Lipinski definition) is 0. The molecule has 16 heavy (non-hydrogen) atoms. The zero-order chi connectivity index (χ0) is 11.7. The van der Waals surface area contributed by atoms with Crippen LogP contribution >= 0.6 is 23.2 Å². The van der Waals surface area contributed by atoms with Crippen LogP contribution in [0.2, 0.25) is 10.0 Å². The molecule has 2 rings (SSSR count). The number of amides is 1. The maximum Gasteiger partial charge on any atom is 0.254 e. The number of benzene rings is 1. The van der Waals surface area contributed by atoms with Gasteiger partial charge in [0.1, 0.15) is 0 Å². The first-order chi connectivity index (χ1) is 7.59. The van der Waals surface area contributed by atoms with Gasteiger partial charge >= 0.3 is 0 Å². The lowest BCUT2D eigenvalue weighted by Crippen LogP contribution is -2.33. The van der Waals surface area contributed by atoms with Gasteiger partial charge in [-0.25, -0.2) is 0 Å². The number of halogens is 2. The minimum atomic E-state index is 0.0450. The fourth-order valence-electron chi connectivity index (χ4n) is 2.03. The first kappa shape index (κ1) is 11.7. The molecular formula is C12H13Cl2NO. The molecule has 1 aromatic rings. The fourth-order valence-corrected chi connectivity index (χ4v) is 2.33. The third-order valence-electron chi connectivity index (χ3n) is 2.98. The number of rotatable bonds is 1. The third kappa shape index (κ3) is 2.18. The van der Waals surface area contributed by atoms with Crippen molar-refractivity contribution < 1.29 is 4.79 Å². The molecule has 2 nitrogen and oxygen atoms in total. The Morgan fingerprint density at radius 3 is 2.69 bits per heavy atom. The van der Waals surface area contributed by atoms with Crippen LogP contribution in [-0.4, -0.2) is 23.4 Å². The van der Waals surface area contributed by atoms with Crippen molar-refractivity contribution in [2.75, 3.05) is 6.54 Å². The molecule has 1 aliphatic heterocycles. The van der Waals surface area contributed by atoms with E-state index in [1.165, 1.54) is 0 Å². The van der Waals surface area contributed by atoms with Crippen LogP contribution in [0.25, 0.3) is 0 Å². The minimum Gasteiger partial charge on any atom is -0.336 e. The van der Waals surface area contributed by atoms with Gasteiger partial charge in [-0.05, 0) is 38.0 Å². The van der Waals surface area contributed by atoms with Crippen molar-refractivity contribution >= 4 is 29.1 Å². The smallest absolute Gasteiger partial charge is 0.254 e. The van der Waals surface area contributed by atoms with Crippen molar-refractivity contribution in [3.8, 4) is 0 Å². The standard InChI is InChI=1S/C12H13Cl2NO/c1-8-3-2-6-15(8)12(16)9-4-5-10(13)11(14)7-9/h4-5,7-8H,2-3,6H2,1H3. The van der Waals surface area contributed by atoms with Crippen LogP contribution in [0.5, 0.6) is 0 Å². The lowest BCUT2D eigenvalue weighted by molar-refractivity contribution is 0.0747. The van der Waals surface area contributed by atoms with Crippen molar-refractivity contribution in [3.05, 3.63) is 33.8 Å². The van der Waals surface area contributed by atoms with E-state index >= 15 is 0 Å². The van der Waals surface area contributed by atoms with Gasteiger partial charge in [-0.15, -0.1) is 0 Å². The monoisotopic (exact) mass is 257 g/mol. The molecule has 1 fully saturated rings. The summed E-state index contributed by atoms with van der Waals surface area (Å²) in [5.41, 5.74) is 0.614. The first-order valence-electron chi connectivity index (χ1n) is 5.35. The summed E-state index contributed by atoms with van der Waals surface area (Å²) in [4.78, 5) is 14.0. The fraction of sp³-hybridized carbons (Fsp3) is 0.417. The van der Waals surface area contributed by atoms with E-state index in [2.05, 4.69) is 6.92 Å². The van der Waals surface area contributed by atoms with Gasteiger partial charge in [0.25, 0.3) is 5.91 Å². The van der Waals surface area contributed by atoms with Gasteiger partial charge in [-0.3, -0.25) is 4.79 Å². The van der Waals surface area contributed by atoms with Crippen LogP contribution in [0.3, 0.4) is 0 Å². The molecular weight excluding hydrogens is 245 g/mol. The van der Waals surface area contributed by atoms with Gasteiger partial charge in [0.15, 0.2) is 0 Å². The maximum absolute atomic E-state index is 12.1. The Bertz CT molecular complexity index is 419. The Morgan fingerprint density at radius 1 is 1.38 bits per heavy atom. The molecule has 0 N–H and O–H groups in total. The van der Waals surface area contributed by atoms with Gasteiger partial charge in [0.05, 0.1) is 10.0 Å². The number of carbonyl (C=O) groups is 1.